The molecule has 0 spiro atoms. The highest BCUT2D eigenvalue weighted by Crippen LogP contribution is 2.20. The van der Waals surface area contributed by atoms with E-state index in [1.165, 1.54) is 17.8 Å². The maximum absolute atomic E-state index is 13.8. The number of nitrogens with one attached hydrogen (secondary N) is 3. The Morgan fingerprint density at radius 2 is 2.00 bits per heavy atom. The molecule has 3 N–H and O–H groups in total. The summed E-state index contributed by atoms with van der Waals surface area (Å²) in [6.45, 7) is 0.523. The van der Waals surface area contributed by atoms with E-state index in [9.17, 15) is 14.0 Å². The summed E-state index contributed by atoms with van der Waals surface area (Å²) in [4.78, 5) is 24.3. The Hall–Kier alpha value is -2.58. The van der Waals surface area contributed by atoms with Crippen molar-refractivity contribution in [2.24, 2.45) is 0 Å². The number of rotatable bonds is 9. The molecule has 1 aliphatic rings. The van der Waals surface area contributed by atoms with E-state index in [0.29, 0.717) is 17.9 Å². The van der Waals surface area contributed by atoms with Crippen LogP contribution >= 0.6 is 11.8 Å². The molecule has 1 fully saturated rings. The number of carbonyl (C=O) groups is 2. The van der Waals surface area contributed by atoms with E-state index in [-0.39, 0.29) is 42.0 Å². The third-order valence-electron chi connectivity index (χ3n) is 4.80. The lowest BCUT2D eigenvalue weighted by Gasteiger charge is -2.31. The number of methoxy groups -OCH3 is 1. The first-order chi connectivity index (χ1) is 14.5. The van der Waals surface area contributed by atoms with Gasteiger partial charge in [-0.2, -0.15) is 0 Å². The molecule has 0 bridgehead atoms. The van der Waals surface area contributed by atoms with Gasteiger partial charge in [0.1, 0.15) is 17.1 Å². The van der Waals surface area contributed by atoms with Crippen molar-refractivity contribution >= 4 is 23.6 Å². The van der Waals surface area contributed by atoms with Crippen molar-refractivity contribution in [1.82, 2.24) is 16.0 Å². The third-order valence-corrected chi connectivity index (χ3v) is 5.87. The molecule has 2 aromatic rings. The molecule has 1 aliphatic heterocycles. The number of carbonyl (C=O) groups excluding carboxylic acids is 2. The summed E-state index contributed by atoms with van der Waals surface area (Å²) in [6, 6.07) is 14.0. The molecule has 2 aromatic carbocycles. The van der Waals surface area contributed by atoms with Crippen molar-refractivity contribution in [1.29, 1.82) is 0 Å². The van der Waals surface area contributed by atoms with Crippen molar-refractivity contribution in [3.05, 3.63) is 65.5 Å². The van der Waals surface area contributed by atoms with Crippen molar-refractivity contribution in [2.45, 2.75) is 36.6 Å². The minimum Gasteiger partial charge on any atom is -0.497 e. The van der Waals surface area contributed by atoms with E-state index >= 15 is 0 Å². The Morgan fingerprint density at radius 1 is 1.23 bits per heavy atom. The maximum atomic E-state index is 13.8. The molecular formula is C22H26FN3O3S. The number of halogens is 1. The molecule has 6 nitrogen and oxygen atoms in total. The van der Waals surface area contributed by atoms with Gasteiger partial charge in [0.15, 0.2) is 0 Å². The van der Waals surface area contributed by atoms with E-state index in [2.05, 4.69) is 16.0 Å². The van der Waals surface area contributed by atoms with Gasteiger partial charge in [0.25, 0.3) is 0 Å². The summed E-state index contributed by atoms with van der Waals surface area (Å²) in [7, 11) is 1.62. The van der Waals surface area contributed by atoms with Crippen LogP contribution in [0.25, 0.3) is 0 Å². The van der Waals surface area contributed by atoms with Gasteiger partial charge in [-0.05, 0) is 35.7 Å². The van der Waals surface area contributed by atoms with E-state index in [1.54, 1.807) is 25.3 Å². The van der Waals surface area contributed by atoms with Crippen LogP contribution in [0.3, 0.4) is 0 Å². The van der Waals surface area contributed by atoms with Gasteiger partial charge in [0, 0.05) is 31.2 Å². The number of hydrogen-bond donors (Lipinski definition) is 3. The van der Waals surface area contributed by atoms with Crippen LogP contribution < -0.4 is 20.7 Å². The highest BCUT2D eigenvalue weighted by molar-refractivity contribution is 7.99. The topological polar surface area (TPSA) is 79.5 Å². The van der Waals surface area contributed by atoms with Crippen molar-refractivity contribution in [3.8, 4) is 5.75 Å². The quantitative estimate of drug-likeness (QED) is 0.569. The van der Waals surface area contributed by atoms with Crippen LogP contribution in [0.4, 0.5) is 4.39 Å². The number of ether oxygens (including phenoxy) is 1. The van der Waals surface area contributed by atoms with Crippen molar-refractivity contribution in [3.63, 3.8) is 0 Å². The van der Waals surface area contributed by atoms with Crippen LogP contribution in [-0.2, 0) is 21.8 Å². The van der Waals surface area contributed by atoms with Crippen LogP contribution in [0.1, 0.15) is 24.0 Å². The van der Waals surface area contributed by atoms with Crippen LogP contribution in [0, 0.1) is 5.82 Å². The monoisotopic (exact) mass is 431 g/mol. The SMILES string of the molecule is COc1ccc(CCNC(=O)CC2CC(=O)NC(SCc3ccccc3F)N2)cc1. The summed E-state index contributed by atoms with van der Waals surface area (Å²) in [5.74, 6) is 0.738. The van der Waals surface area contributed by atoms with E-state index in [0.717, 1.165) is 17.7 Å². The third kappa shape index (κ3) is 6.74. The van der Waals surface area contributed by atoms with Crippen LogP contribution in [0.15, 0.2) is 48.5 Å². The first-order valence-corrected chi connectivity index (χ1v) is 10.9. The standard InChI is InChI=1S/C22H26FN3O3S/c1-29-18-8-6-15(7-9-18)10-11-24-20(27)12-17-13-21(28)26-22(25-17)30-14-16-4-2-3-5-19(16)23/h2-9,17,22,25H,10-14H2,1H3,(H,24,27)(H,26,28). The molecule has 160 valence electrons. The fourth-order valence-corrected chi connectivity index (χ4v) is 4.27. The fourth-order valence-electron chi connectivity index (χ4n) is 3.19. The molecule has 30 heavy (non-hydrogen) atoms. The van der Waals surface area contributed by atoms with Crippen LogP contribution in [0.5, 0.6) is 5.75 Å². The van der Waals surface area contributed by atoms with Crippen LogP contribution in [-0.4, -0.2) is 37.0 Å². The highest BCUT2D eigenvalue weighted by atomic mass is 32.2. The number of hydrogen-bond acceptors (Lipinski definition) is 5. The Morgan fingerprint density at radius 3 is 2.73 bits per heavy atom. The average molecular weight is 432 g/mol. The molecule has 0 radical (unpaired) electrons. The molecule has 2 unspecified atom stereocenters. The largest absolute Gasteiger partial charge is 0.497 e. The molecule has 0 saturated carbocycles. The molecule has 0 aromatic heterocycles. The van der Waals surface area contributed by atoms with Crippen molar-refractivity contribution < 1.29 is 18.7 Å². The normalized spacial score (nSPS) is 18.5. The highest BCUT2D eigenvalue weighted by Gasteiger charge is 2.27. The van der Waals surface area contributed by atoms with Gasteiger partial charge >= 0.3 is 0 Å². The van der Waals surface area contributed by atoms with Gasteiger partial charge in [0.05, 0.1) is 7.11 Å². The summed E-state index contributed by atoms with van der Waals surface area (Å²) in [5.41, 5.74) is 1.33. The molecule has 2 amide bonds. The lowest BCUT2D eigenvalue weighted by atomic mass is 10.1. The summed E-state index contributed by atoms with van der Waals surface area (Å²) >= 11 is 1.39. The first-order valence-electron chi connectivity index (χ1n) is 9.83. The summed E-state index contributed by atoms with van der Waals surface area (Å²) in [6.07, 6.45) is 1.17. The number of thioether (sulfide) groups is 1. The zero-order valence-electron chi connectivity index (χ0n) is 16.8. The Labute approximate surface area is 180 Å². The second-order valence-electron chi connectivity index (χ2n) is 7.07. The minimum absolute atomic E-state index is 0.103. The van der Waals surface area contributed by atoms with Gasteiger partial charge in [-0.3, -0.25) is 14.9 Å². The van der Waals surface area contributed by atoms with E-state index < -0.39 is 0 Å². The first kappa shape index (κ1) is 22.1. The van der Waals surface area contributed by atoms with E-state index in [4.69, 9.17) is 4.74 Å². The molecule has 1 heterocycles. The molecule has 8 heteroatoms. The van der Waals surface area contributed by atoms with Gasteiger partial charge < -0.3 is 15.4 Å². The lowest BCUT2D eigenvalue weighted by Crippen LogP contribution is -2.55. The van der Waals surface area contributed by atoms with Crippen LogP contribution in [0.2, 0.25) is 0 Å². The zero-order valence-corrected chi connectivity index (χ0v) is 17.6. The Bertz CT molecular complexity index is 863. The molecule has 2 atom stereocenters. The predicted octanol–water partition coefficient (Wildman–Crippen LogP) is 2.58. The lowest BCUT2D eigenvalue weighted by molar-refractivity contribution is -0.125. The number of benzene rings is 2. The summed E-state index contributed by atoms with van der Waals surface area (Å²) < 4.78 is 18.9. The Balaban J connectivity index is 1.41. The molecule has 1 saturated heterocycles. The van der Waals surface area contributed by atoms with Crippen molar-refractivity contribution in [2.75, 3.05) is 13.7 Å². The molecule has 3 rings (SSSR count). The van der Waals surface area contributed by atoms with Gasteiger partial charge in [-0.15, -0.1) is 11.8 Å². The van der Waals surface area contributed by atoms with E-state index in [1.807, 2.05) is 24.3 Å². The number of amides is 2. The minimum atomic E-state index is -0.358. The summed E-state index contributed by atoms with van der Waals surface area (Å²) in [5, 5.41) is 8.99. The smallest absolute Gasteiger partial charge is 0.223 e. The van der Waals surface area contributed by atoms with Gasteiger partial charge in [-0.25, -0.2) is 4.39 Å². The second-order valence-corrected chi connectivity index (χ2v) is 8.16. The van der Waals surface area contributed by atoms with Gasteiger partial charge in [-0.1, -0.05) is 30.3 Å². The fraction of sp³-hybridized carbons (Fsp3) is 0.364. The predicted molar refractivity (Wildman–Crippen MR) is 115 cm³/mol. The zero-order chi connectivity index (χ0) is 21.3. The second kappa shape index (κ2) is 11.0. The van der Waals surface area contributed by atoms with Gasteiger partial charge in [0.2, 0.25) is 11.8 Å². The Kier molecular flexibility index (Phi) is 8.10. The average Bonchev–Trinajstić information content (AvgIpc) is 2.73. The molecular weight excluding hydrogens is 405 g/mol. The maximum Gasteiger partial charge on any atom is 0.223 e. The molecule has 0 aliphatic carbocycles.